The fraction of sp³-hybridized carbons (Fsp3) is 0.185. The first-order valence-electron chi connectivity index (χ1n) is 12.3. The summed E-state index contributed by atoms with van der Waals surface area (Å²) in [5.41, 5.74) is 2.45. The standard InChI is InChI=1S/C27H20ClN7O5/c28-18-8-12-19(13-9-18)33-26(37)24-25(27(33)38)32(31-29-24)15-23(36)34-22(17-6-10-20(11-7-17)35(39)40)14-21(30-34)16-4-2-1-3-5-16/h1-13,22,24-25H,14-15H2/t22-,24-,25-/m1/s1. The second kappa shape index (κ2) is 9.97. The molecule has 0 N–H and O–H groups in total. The van der Waals surface area contributed by atoms with Crippen LogP contribution in [0.1, 0.15) is 23.6 Å². The SMILES string of the molecule is O=C1[C@@H]2N=NN(CC(=O)N3N=C(c4ccccc4)C[C@@H]3c3ccc([N+](=O)[O-])cc3)[C@H]2C(=O)N1c1ccc(Cl)cc1. The Morgan fingerprint density at radius 1 is 0.975 bits per heavy atom. The van der Waals surface area contributed by atoms with Crippen LogP contribution in [-0.2, 0) is 14.4 Å². The summed E-state index contributed by atoms with van der Waals surface area (Å²) in [7, 11) is 0. The van der Waals surface area contributed by atoms with Gasteiger partial charge in [-0.2, -0.15) is 10.2 Å². The zero-order chi connectivity index (χ0) is 28.0. The van der Waals surface area contributed by atoms with Gasteiger partial charge in [0.25, 0.3) is 23.4 Å². The number of nitro groups is 1. The van der Waals surface area contributed by atoms with Gasteiger partial charge in [0.15, 0.2) is 12.1 Å². The number of carbonyl (C=O) groups is 3. The first kappa shape index (κ1) is 25.3. The Balaban J connectivity index is 1.26. The predicted molar refractivity (Wildman–Crippen MR) is 143 cm³/mol. The third kappa shape index (κ3) is 4.37. The Kier molecular flexibility index (Phi) is 6.31. The normalized spacial score (nSPS) is 21.7. The first-order chi connectivity index (χ1) is 19.3. The van der Waals surface area contributed by atoms with Gasteiger partial charge in [-0.25, -0.2) is 9.91 Å². The van der Waals surface area contributed by atoms with Crippen LogP contribution in [-0.4, -0.2) is 57.0 Å². The van der Waals surface area contributed by atoms with Gasteiger partial charge >= 0.3 is 0 Å². The van der Waals surface area contributed by atoms with Gasteiger partial charge < -0.3 is 0 Å². The minimum absolute atomic E-state index is 0.0676. The van der Waals surface area contributed by atoms with Gasteiger partial charge in [0.05, 0.1) is 22.4 Å². The van der Waals surface area contributed by atoms with E-state index >= 15 is 0 Å². The van der Waals surface area contributed by atoms with Crippen LogP contribution in [0.2, 0.25) is 5.02 Å². The molecule has 0 unspecified atom stereocenters. The summed E-state index contributed by atoms with van der Waals surface area (Å²) in [6, 6.07) is 18.9. The van der Waals surface area contributed by atoms with E-state index in [-0.39, 0.29) is 12.2 Å². The number of nitrogens with zero attached hydrogens (tertiary/aromatic N) is 7. The van der Waals surface area contributed by atoms with Crippen LogP contribution in [0.5, 0.6) is 0 Å². The van der Waals surface area contributed by atoms with Crippen molar-refractivity contribution in [3.63, 3.8) is 0 Å². The Morgan fingerprint density at radius 2 is 1.68 bits per heavy atom. The lowest BCUT2D eigenvalue weighted by atomic mass is 9.98. The van der Waals surface area contributed by atoms with Crippen molar-refractivity contribution in [2.75, 3.05) is 11.4 Å². The maximum atomic E-state index is 13.6. The molecule has 0 bridgehead atoms. The molecular weight excluding hydrogens is 538 g/mol. The van der Waals surface area contributed by atoms with E-state index < -0.39 is 40.8 Å². The lowest BCUT2D eigenvalue weighted by molar-refractivity contribution is -0.384. The minimum atomic E-state index is -1.07. The summed E-state index contributed by atoms with van der Waals surface area (Å²) in [4.78, 5) is 51.6. The number of nitro benzene ring substituents is 1. The average molecular weight is 558 g/mol. The molecule has 1 saturated heterocycles. The molecule has 40 heavy (non-hydrogen) atoms. The number of halogens is 1. The van der Waals surface area contributed by atoms with E-state index in [9.17, 15) is 24.5 Å². The molecule has 0 aliphatic carbocycles. The van der Waals surface area contributed by atoms with Crippen molar-refractivity contribution in [3.05, 3.63) is 105 Å². The lowest BCUT2D eigenvalue weighted by Gasteiger charge is -2.25. The number of fused-ring (bicyclic) bond motifs is 1. The smallest absolute Gasteiger partial charge is 0.269 e. The summed E-state index contributed by atoms with van der Waals surface area (Å²) in [6.07, 6.45) is 0.378. The van der Waals surface area contributed by atoms with Gasteiger partial charge in [-0.1, -0.05) is 59.3 Å². The number of benzene rings is 3. The second-order valence-corrected chi connectivity index (χ2v) is 9.84. The fourth-order valence-electron chi connectivity index (χ4n) is 5.03. The van der Waals surface area contributed by atoms with Crippen LogP contribution in [0.3, 0.4) is 0 Å². The third-order valence-corrected chi connectivity index (χ3v) is 7.25. The van der Waals surface area contributed by atoms with Crippen molar-refractivity contribution in [2.24, 2.45) is 15.4 Å². The molecule has 0 saturated carbocycles. The predicted octanol–water partition coefficient (Wildman–Crippen LogP) is 3.92. The number of hydrogen-bond donors (Lipinski definition) is 0. The maximum Gasteiger partial charge on any atom is 0.269 e. The Labute approximate surface area is 232 Å². The zero-order valence-corrected chi connectivity index (χ0v) is 21.5. The highest BCUT2D eigenvalue weighted by atomic mass is 35.5. The summed E-state index contributed by atoms with van der Waals surface area (Å²) in [5.74, 6) is -1.55. The number of carbonyl (C=O) groups excluding carboxylic acids is 3. The lowest BCUT2D eigenvalue weighted by Crippen LogP contribution is -2.44. The van der Waals surface area contributed by atoms with E-state index in [0.29, 0.717) is 28.4 Å². The van der Waals surface area contributed by atoms with Crippen LogP contribution in [0, 0.1) is 10.1 Å². The topological polar surface area (TPSA) is 141 Å². The van der Waals surface area contributed by atoms with Crippen LogP contribution >= 0.6 is 11.6 Å². The van der Waals surface area contributed by atoms with E-state index in [4.69, 9.17) is 11.6 Å². The first-order valence-corrected chi connectivity index (χ1v) is 12.7. The zero-order valence-electron chi connectivity index (χ0n) is 20.7. The van der Waals surface area contributed by atoms with E-state index in [2.05, 4.69) is 15.4 Å². The summed E-state index contributed by atoms with van der Waals surface area (Å²) in [6.45, 7) is -0.354. The number of hydrogen-bond acceptors (Lipinski definition) is 9. The van der Waals surface area contributed by atoms with Crippen molar-refractivity contribution in [2.45, 2.75) is 24.5 Å². The van der Waals surface area contributed by atoms with E-state index in [1.54, 1.807) is 36.4 Å². The summed E-state index contributed by atoms with van der Waals surface area (Å²) in [5, 5.41) is 26.7. The molecule has 3 atom stereocenters. The van der Waals surface area contributed by atoms with Gasteiger partial charge in [0.2, 0.25) is 0 Å². The third-order valence-electron chi connectivity index (χ3n) is 7.00. The average Bonchev–Trinajstić information content (AvgIpc) is 3.65. The number of amides is 3. The van der Waals surface area contributed by atoms with Crippen LogP contribution in [0.15, 0.2) is 94.3 Å². The van der Waals surface area contributed by atoms with E-state index in [1.807, 2.05) is 30.3 Å². The molecule has 12 nitrogen and oxygen atoms in total. The van der Waals surface area contributed by atoms with Crippen molar-refractivity contribution < 1.29 is 19.3 Å². The molecule has 13 heteroatoms. The number of rotatable bonds is 6. The van der Waals surface area contributed by atoms with Gasteiger partial charge in [-0.3, -0.25) is 29.5 Å². The van der Waals surface area contributed by atoms with E-state index in [0.717, 1.165) is 10.5 Å². The maximum absolute atomic E-state index is 13.6. The van der Waals surface area contributed by atoms with Crippen LogP contribution < -0.4 is 4.90 Å². The van der Waals surface area contributed by atoms with Gasteiger partial charge in [-0.05, 0) is 35.4 Å². The highest BCUT2D eigenvalue weighted by Crippen LogP contribution is 2.36. The molecule has 0 aromatic heterocycles. The van der Waals surface area contributed by atoms with Crippen LogP contribution in [0.4, 0.5) is 11.4 Å². The second-order valence-electron chi connectivity index (χ2n) is 9.40. The largest absolute Gasteiger partial charge is 0.271 e. The number of imide groups is 1. The fourth-order valence-corrected chi connectivity index (χ4v) is 5.16. The van der Waals surface area contributed by atoms with Gasteiger partial charge in [0, 0.05) is 23.6 Å². The molecule has 0 radical (unpaired) electrons. The highest BCUT2D eigenvalue weighted by molar-refractivity contribution is 6.31. The monoisotopic (exact) mass is 557 g/mol. The number of non-ortho nitro benzene ring substituents is 1. The number of hydrazone groups is 1. The quantitative estimate of drug-likeness (QED) is 0.255. The van der Waals surface area contributed by atoms with Crippen molar-refractivity contribution in [1.82, 2.24) is 10.0 Å². The minimum Gasteiger partial charge on any atom is -0.271 e. The molecule has 3 amide bonds. The van der Waals surface area contributed by atoms with Gasteiger partial charge in [0.1, 0.15) is 6.54 Å². The van der Waals surface area contributed by atoms with Gasteiger partial charge in [-0.15, -0.1) is 0 Å². The van der Waals surface area contributed by atoms with E-state index in [1.165, 1.54) is 22.2 Å². The van der Waals surface area contributed by atoms with Crippen molar-refractivity contribution >= 4 is 46.4 Å². The molecule has 3 aliphatic heterocycles. The molecule has 3 aromatic rings. The molecular formula is C27H20ClN7O5. The molecule has 1 fully saturated rings. The van der Waals surface area contributed by atoms with Crippen LogP contribution in [0.25, 0.3) is 0 Å². The van der Waals surface area contributed by atoms with Crippen molar-refractivity contribution in [1.29, 1.82) is 0 Å². The highest BCUT2D eigenvalue weighted by Gasteiger charge is 2.55. The molecule has 3 aromatic carbocycles. The Bertz CT molecular complexity index is 1580. The molecule has 0 spiro atoms. The Hall–Kier alpha value is -4.97. The van der Waals surface area contributed by atoms with Crippen molar-refractivity contribution in [3.8, 4) is 0 Å². The summed E-state index contributed by atoms with van der Waals surface area (Å²) >= 11 is 5.94. The molecule has 200 valence electrons. The molecule has 3 heterocycles. The molecule has 3 aliphatic rings. The number of anilines is 1. The Morgan fingerprint density at radius 3 is 2.35 bits per heavy atom. The molecule has 6 rings (SSSR count). The summed E-state index contributed by atoms with van der Waals surface area (Å²) < 4.78 is 0.